The summed E-state index contributed by atoms with van der Waals surface area (Å²) in [5, 5.41) is 8.76. The van der Waals surface area contributed by atoms with E-state index in [4.69, 9.17) is 9.84 Å². The Balaban J connectivity index is 3.90. The zero-order valence-electron chi connectivity index (χ0n) is 24.5. The number of ether oxygens (including phenoxy) is 1. The van der Waals surface area contributed by atoms with Gasteiger partial charge in [0, 0.05) is 12.8 Å². The number of rotatable bonds is 28. The van der Waals surface area contributed by atoms with Crippen LogP contribution in [0.1, 0.15) is 168 Å². The molecule has 4 heteroatoms. The monoisotopic (exact) mass is 520 g/mol. The molecule has 0 amide bonds. The standard InChI is InChI=1S/C33H60O4/c1-3-5-7-9-10-11-12-13-14-15-16-17-18-20-26-30-33(36)37-31(27-23-19-8-6-4-2)28-24-21-22-25-29-32(34)35/h10-11,13-14,31H,3-9,12,15-30H2,1-2H3,(H,34,35)/b11-10-,14-13-. The zero-order chi connectivity index (χ0) is 27.2. The Morgan fingerprint density at radius 2 is 1.05 bits per heavy atom. The van der Waals surface area contributed by atoms with Crippen LogP contribution >= 0.6 is 0 Å². The zero-order valence-corrected chi connectivity index (χ0v) is 24.5. The van der Waals surface area contributed by atoms with Crippen molar-refractivity contribution in [3.63, 3.8) is 0 Å². The molecule has 0 aromatic carbocycles. The number of carbonyl (C=O) groups is 2. The second kappa shape index (κ2) is 29.0. The number of hydrogen-bond acceptors (Lipinski definition) is 3. The molecule has 0 spiro atoms. The summed E-state index contributed by atoms with van der Waals surface area (Å²) in [5.41, 5.74) is 0. The molecule has 0 aromatic heterocycles. The van der Waals surface area contributed by atoms with Crippen LogP contribution in [-0.2, 0) is 14.3 Å². The minimum absolute atomic E-state index is 0.0323. The van der Waals surface area contributed by atoms with Gasteiger partial charge >= 0.3 is 11.9 Å². The molecule has 1 N–H and O–H groups in total. The molecule has 0 aromatic rings. The van der Waals surface area contributed by atoms with Crippen molar-refractivity contribution in [2.45, 2.75) is 174 Å². The average Bonchev–Trinajstić information content (AvgIpc) is 2.87. The first kappa shape index (κ1) is 35.4. The van der Waals surface area contributed by atoms with E-state index in [0.29, 0.717) is 6.42 Å². The summed E-state index contributed by atoms with van der Waals surface area (Å²) in [7, 11) is 0. The van der Waals surface area contributed by atoms with Crippen molar-refractivity contribution in [2.24, 2.45) is 0 Å². The maximum atomic E-state index is 12.4. The van der Waals surface area contributed by atoms with Crippen LogP contribution < -0.4 is 0 Å². The van der Waals surface area contributed by atoms with Crippen LogP contribution in [0.3, 0.4) is 0 Å². The number of esters is 1. The Morgan fingerprint density at radius 3 is 1.65 bits per heavy atom. The number of hydrogen-bond donors (Lipinski definition) is 1. The second-order valence-corrected chi connectivity index (χ2v) is 10.6. The van der Waals surface area contributed by atoms with E-state index in [9.17, 15) is 9.59 Å². The van der Waals surface area contributed by atoms with Gasteiger partial charge in [0.2, 0.25) is 0 Å². The van der Waals surface area contributed by atoms with E-state index in [0.717, 1.165) is 70.6 Å². The fraction of sp³-hybridized carbons (Fsp3) is 0.818. The Labute approximate surface area is 229 Å². The topological polar surface area (TPSA) is 63.6 Å². The molecule has 0 bridgehead atoms. The van der Waals surface area contributed by atoms with Crippen molar-refractivity contribution in [3.8, 4) is 0 Å². The van der Waals surface area contributed by atoms with Crippen molar-refractivity contribution in [1.82, 2.24) is 0 Å². The van der Waals surface area contributed by atoms with E-state index in [1.807, 2.05) is 0 Å². The average molecular weight is 521 g/mol. The highest BCUT2D eigenvalue weighted by Gasteiger charge is 2.14. The van der Waals surface area contributed by atoms with Crippen LogP contribution in [0.4, 0.5) is 0 Å². The van der Waals surface area contributed by atoms with E-state index < -0.39 is 5.97 Å². The summed E-state index contributed by atoms with van der Waals surface area (Å²) >= 11 is 0. The molecule has 0 aliphatic heterocycles. The molecule has 216 valence electrons. The molecule has 0 aliphatic rings. The third kappa shape index (κ3) is 28.8. The summed E-state index contributed by atoms with van der Waals surface area (Å²) in [4.78, 5) is 23.1. The van der Waals surface area contributed by atoms with Crippen LogP contribution in [0.2, 0.25) is 0 Å². The minimum atomic E-state index is -0.716. The highest BCUT2D eigenvalue weighted by Crippen LogP contribution is 2.18. The molecule has 1 unspecified atom stereocenters. The molecule has 0 heterocycles. The third-order valence-electron chi connectivity index (χ3n) is 6.93. The molecule has 0 rings (SSSR count). The van der Waals surface area contributed by atoms with Crippen molar-refractivity contribution < 1.29 is 19.4 Å². The molecule has 0 fully saturated rings. The number of allylic oxidation sites excluding steroid dienone is 4. The Morgan fingerprint density at radius 1 is 0.595 bits per heavy atom. The van der Waals surface area contributed by atoms with E-state index >= 15 is 0 Å². The van der Waals surface area contributed by atoms with E-state index in [2.05, 4.69) is 38.2 Å². The third-order valence-corrected chi connectivity index (χ3v) is 6.93. The van der Waals surface area contributed by atoms with Crippen LogP contribution in [0.15, 0.2) is 24.3 Å². The van der Waals surface area contributed by atoms with E-state index in [1.54, 1.807) is 0 Å². The van der Waals surface area contributed by atoms with Gasteiger partial charge in [0.05, 0.1) is 0 Å². The summed E-state index contributed by atoms with van der Waals surface area (Å²) < 4.78 is 5.87. The fourth-order valence-electron chi connectivity index (χ4n) is 4.57. The van der Waals surface area contributed by atoms with Crippen LogP contribution in [-0.4, -0.2) is 23.1 Å². The van der Waals surface area contributed by atoms with Crippen molar-refractivity contribution in [3.05, 3.63) is 24.3 Å². The van der Waals surface area contributed by atoms with Gasteiger partial charge < -0.3 is 9.84 Å². The molecule has 0 aliphatic carbocycles. The number of carboxylic acid groups (broad SMARTS) is 1. The number of aliphatic carboxylic acids is 1. The Bertz CT molecular complexity index is 567. The van der Waals surface area contributed by atoms with Gasteiger partial charge in [-0.25, -0.2) is 0 Å². The highest BCUT2D eigenvalue weighted by atomic mass is 16.5. The largest absolute Gasteiger partial charge is 0.481 e. The molecule has 37 heavy (non-hydrogen) atoms. The predicted molar refractivity (Wildman–Crippen MR) is 158 cm³/mol. The summed E-state index contributed by atoms with van der Waals surface area (Å²) in [6, 6.07) is 0. The highest BCUT2D eigenvalue weighted by molar-refractivity contribution is 5.69. The van der Waals surface area contributed by atoms with Crippen molar-refractivity contribution in [1.29, 1.82) is 0 Å². The summed E-state index contributed by atoms with van der Waals surface area (Å²) in [6.07, 6.45) is 34.7. The van der Waals surface area contributed by atoms with Crippen LogP contribution in [0.5, 0.6) is 0 Å². The lowest BCUT2D eigenvalue weighted by Crippen LogP contribution is -2.18. The lowest BCUT2D eigenvalue weighted by Gasteiger charge is -2.18. The van der Waals surface area contributed by atoms with Crippen molar-refractivity contribution in [2.75, 3.05) is 0 Å². The molecule has 1 atom stereocenters. The van der Waals surface area contributed by atoms with E-state index in [1.165, 1.54) is 70.6 Å². The SMILES string of the molecule is CCCCC/C=C\C/C=C\CCCCCCCC(=O)OC(CCCCCCC)CCCCCCC(=O)O. The number of unbranched alkanes of at least 4 members (excludes halogenated alkanes) is 15. The normalized spacial score (nSPS) is 12.5. The first-order valence-electron chi connectivity index (χ1n) is 15.8. The van der Waals surface area contributed by atoms with Gasteiger partial charge in [-0.3, -0.25) is 9.59 Å². The van der Waals surface area contributed by atoms with Gasteiger partial charge in [0.15, 0.2) is 0 Å². The van der Waals surface area contributed by atoms with Gasteiger partial charge in [-0.15, -0.1) is 0 Å². The Hall–Kier alpha value is -1.58. The number of carboxylic acids is 1. The van der Waals surface area contributed by atoms with Gasteiger partial charge in [-0.05, 0) is 70.6 Å². The number of carbonyl (C=O) groups excluding carboxylic acids is 1. The molecular weight excluding hydrogens is 460 g/mol. The van der Waals surface area contributed by atoms with Crippen molar-refractivity contribution >= 4 is 11.9 Å². The smallest absolute Gasteiger partial charge is 0.306 e. The minimum Gasteiger partial charge on any atom is -0.481 e. The maximum absolute atomic E-state index is 12.4. The lowest BCUT2D eigenvalue weighted by molar-refractivity contribution is -0.150. The molecule has 0 saturated carbocycles. The van der Waals surface area contributed by atoms with Gasteiger partial charge in [-0.2, -0.15) is 0 Å². The molecule has 0 radical (unpaired) electrons. The quantitative estimate of drug-likeness (QED) is 0.0633. The Kier molecular flexibility index (Phi) is 27.7. The fourth-order valence-corrected chi connectivity index (χ4v) is 4.57. The lowest BCUT2D eigenvalue weighted by atomic mass is 10.0. The van der Waals surface area contributed by atoms with Gasteiger partial charge in [0.25, 0.3) is 0 Å². The molecule has 4 nitrogen and oxygen atoms in total. The molecular formula is C33H60O4. The van der Waals surface area contributed by atoms with Crippen LogP contribution in [0, 0.1) is 0 Å². The van der Waals surface area contributed by atoms with E-state index in [-0.39, 0.29) is 18.5 Å². The van der Waals surface area contributed by atoms with Gasteiger partial charge in [0.1, 0.15) is 6.10 Å². The van der Waals surface area contributed by atoms with Gasteiger partial charge in [-0.1, -0.05) is 109 Å². The second-order valence-electron chi connectivity index (χ2n) is 10.6. The van der Waals surface area contributed by atoms with Crippen LogP contribution in [0.25, 0.3) is 0 Å². The summed E-state index contributed by atoms with van der Waals surface area (Å²) in [5.74, 6) is -0.748. The predicted octanol–water partition coefficient (Wildman–Crippen LogP) is 10.5. The molecule has 0 saturated heterocycles. The maximum Gasteiger partial charge on any atom is 0.306 e. The first-order valence-corrected chi connectivity index (χ1v) is 15.8. The first-order chi connectivity index (χ1) is 18.1. The summed E-state index contributed by atoms with van der Waals surface area (Å²) in [6.45, 7) is 4.47.